The molecule has 0 fully saturated rings. The lowest BCUT2D eigenvalue weighted by Crippen LogP contribution is -1.95. The first-order chi connectivity index (χ1) is 8.62. The van der Waals surface area contributed by atoms with E-state index < -0.39 is 34.1 Å². The van der Waals surface area contributed by atoms with Crippen LogP contribution in [0.3, 0.4) is 0 Å². The quantitative estimate of drug-likeness (QED) is 0.583. The molecule has 0 spiro atoms. The Hall–Kier alpha value is -3.18. The van der Waals surface area contributed by atoms with Gasteiger partial charge in [-0.25, -0.2) is 18.4 Å². The van der Waals surface area contributed by atoms with Crippen LogP contribution in [0, 0.1) is 34.3 Å². The maximum atomic E-state index is 13.7. The Kier molecular flexibility index (Phi) is 3.75. The van der Waals surface area contributed by atoms with Gasteiger partial charge in [-0.05, 0) is 0 Å². The van der Waals surface area contributed by atoms with Crippen LogP contribution in [0.15, 0.2) is 9.98 Å². The Morgan fingerprint density at radius 3 is 1.39 bits per heavy atom. The van der Waals surface area contributed by atoms with Crippen molar-refractivity contribution < 1.29 is 18.4 Å². The minimum absolute atomic E-state index is 0.929. The fourth-order valence-electron chi connectivity index (χ4n) is 1.17. The molecule has 0 aliphatic carbocycles. The van der Waals surface area contributed by atoms with Crippen LogP contribution in [-0.2, 0) is 9.59 Å². The summed E-state index contributed by atoms with van der Waals surface area (Å²) in [6.45, 7) is 0. The lowest BCUT2D eigenvalue weighted by atomic mass is 10.1. The minimum Gasteiger partial charge on any atom is -0.211 e. The number of nitriles is 2. The zero-order valence-corrected chi connectivity index (χ0v) is 8.36. The van der Waals surface area contributed by atoms with Gasteiger partial charge in [0.15, 0.2) is 11.6 Å². The Bertz CT molecular complexity index is 641. The van der Waals surface area contributed by atoms with Crippen LogP contribution in [0.25, 0.3) is 0 Å². The first-order valence-electron chi connectivity index (χ1n) is 4.13. The van der Waals surface area contributed by atoms with Crippen molar-refractivity contribution in [1.82, 2.24) is 0 Å². The van der Waals surface area contributed by atoms with Gasteiger partial charge in [-0.2, -0.15) is 20.5 Å². The van der Waals surface area contributed by atoms with E-state index in [1.165, 1.54) is 12.1 Å². The van der Waals surface area contributed by atoms with Gasteiger partial charge in [-0.15, -0.1) is 0 Å². The normalized spacial score (nSPS) is 8.44. The molecule has 0 heterocycles. The molecule has 0 saturated heterocycles. The Morgan fingerprint density at radius 2 is 1.17 bits per heavy atom. The van der Waals surface area contributed by atoms with Gasteiger partial charge in [-0.1, -0.05) is 0 Å². The third-order valence-electron chi connectivity index (χ3n) is 1.87. The molecular weight excluding hydrogens is 246 g/mol. The summed E-state index contributed by atoms with van der Waals surface area (Å²) in [7, 11) is 0. The average Bonchev–Trinajstić information content (AvgIpc) is 2.36. The van der Waals surface area contributed by atoms with Crippen molar-refractivity contribution in [2.45, 2.75) is 0 Å². The van der Waals surface area contributed by atoms with E-state index >= 15 is 0 Å². The smallest absolute Gasteiger partial charge is 0.211 e. The number of benzene rings is 1. The fraction of sp³-hybridized carbons (Fsp3) is 0. The van der Waals surface area contributed by atoms with Crippen LogP contribution < -0.4 is 0 Å². The van der Waals surface area contributed by atoms with E-state index in [-0.39, 0.29) is 0 Å². The molecule has 0 aromatic heterocycles. The highest BCUT2D eigenvalue weighted by molar-refractivity contribution is 5.72. The molecule has 1 rings (SSSR count). The number of hydrogen-bond donors (Lipinski definition) is 0. The summed E-state index contributed by atoms with van der Waals surface area (Å²) in [6.07, 6.45) is 1.86. The van der Waals surface area contributed by atoms with Crippen LogP contribution >= 0.6 is 0 Å². The molecule has 18 heavy (non-hydrogen) atoms. The van der Waals surface area contributed by atoms with Gasteiger partial charge in [0.1, 0.15) is 34.6 Å². The number of rotatable bonds is 2. The standard InChI is InChI=1S/C10F2N4O2/c11-7-5(1-13)9(15-3-17)8(12)6(2-14)10(7)16-4-18. The van der Waals surface area contributed by atoms with Gasteiger partial charge in [0.25, 0.3) is 0 Å². The van der Waals surface area contributed by atoms with Crippen LogP contribution in [0.5, 0.6) is 0 Å². The predicted octanol–water partition coefficient (Wildman–Crippen LogP) is 1.64. The minimum atomic E-state index is -1.44. The number of hydrogen-bond acceptors (Lipinski definition) is 6. The van der Waals surface area contributed by atoms with E-state index in [2.05, 4.69) is 9.98 Å². The molecule has 1 aromatic carbocycles. The monoisotopic (exact) mass is 246 g/mol. The number of nitrogens with zero attached hydrogens (tertiary/aromatic N) is 4. The summed E-state index contributed by atoms with van der Waals surface area (Å²) in [5.41, 5.74) is -3.84. The van der Waals surface area contributed by atoms with E-state index in [4.69, 9.17) is 10.5 Å². The molecule has 0 aliphatic heterocycles. The molecule has 86 valence electrons. The summed E-state index contributed by atoms with van der Waals surface area (Å²) < 4.78 is 27.3. The van der Waals surface area contributed by atoms with Crippen molar-refractivity contribution in [3.05, 3.63) is 22.8 Å². The van der Waals surface area contributed by atoms with Gasteiger partial charge in [0.2, 0.25) is 12.2 Å². The van der Waals surface area contributed by atoms with Crippen molar-refractivity contribution in [3.63, 3.8) is 0 Å². The van der Waals surface area contributed by atoms with E-state index in [1.807, 2.05) is 0 Å². The summed E-state index contributed by atoms with van der Waals surface area (Å²) in [6, 6.07) is 2.51. The van der Waals surface area contributed by atoms with Gasteiger partial charge in [0, 0.05) is 0 Å². The first-order valence-corrected chi connectivity index (χ1v) is 4.13. The maximum Gasteiger partial charge on any atom is 0.240 e. The highest BCUT2D eigenvalue weighted by atomic mass is 19.1. The number of isocyanates is 2. The fourth-order valence-corrected chi connectivity index (χ4v) is 1.17. The summed E-state index contributed by atoms with van der Waals surface area (Å²) >= 11 is 0. The third-order valence-corrected chi connectivity index (χ3v) is 1.87. The zero-order chi connectivity index (χ0) is 13.7. The van der Waals surface area contributed by atoms with E-state index in [0.29, 0.717) is 0 Å². The highest BCUT2D eigenvalue weighted by Crippen LogP contribution is 2.35. The van der Waals surface area contributed by atoms with Crippen LogP contribution in [0.2, 0.25) is 0 Å². The molecule has 1 aromatic rings. The van der Waals surface area contributed by atoms with Crippen LogP contribution in [-0.4, -0.2) is 12.2 Å². The Balaban J connectivity index is 4.00. The molecule has 0 saturated carbocycles. The second-order valence-corrected chi connectivity index (χ2v) is 2.70. The summed E-state index contributed by atoms with van der Waals surface area (Å²) in [5, 5.41) is 17.3. The van der Waals surface area contributed by atoms with Crippen LogP contribution in [0.1, 0.15) is 11.1 Å². The lowest BCUT2D eigenvalue weighted by molar-refractivity contribution is 0.561. The second kappa shape index (κ2) is 5.24. The SMILES string of the molecule is N#Cc1c(F)c(N=C=O)c(C#N)c(F)c1N=C=O. The second-order valence-electron chi connectivity index (χ2n) is 2.70. The topological polar surface area (TPSA) is 106 Å². The average molecular weight is 246 g/mol. The molecule has 8 heteroatoms. The molecular formula is C10F2N4O2. The maximum absolute atomic E-state index is 13.7. The molecule has 0 N–H and O–H groups in total. The Morgan fingerprint density at radius 1 is 0.833 bits per heavy atom. The van der Waals surface area contributed by atoms with Crippen molar-refractivity contribution in [3.8, 4) is 12.1 Å². The molecule has 6 nitrogen and oxygen atoms in total. The molecule has 0 atom stereocenters. The molecule has 0 unspecified atom stereocenters. The Labute approximate surface area is 98.1 Å². The number of aliphatic imine (C=N–C) groups is 2. The number of halogens is 2. The van der Waals surface area contributed by atoms with Gasteiger partial charge in [0.05, 0.1) is 0 Å². The molecule has 0 radical (unpaired) electrons. The van der Waals surface area contributed by atoms with E-state index in [1.54, 1.807) is 0 Å². The predicted molar refractivity (Wildman–Crippen MR) is 51.4 cm³/mol. The van der Waals surface area contributed by atoms with Gasteiger partial charge < -0.3 is 0 Å². The van der Waals surface area contributed by atoms with E-state index in [0.717, 1.165) is 12.2 Å². The van der Waals surface area contributed by atoms with Crippen molar-refractivity contribution >= 4 is 23.5 Å². The van der Waals surface area contributed by atoms with Crippen molar-refractivity contribution in [1.29, 1.82) is 10.5 Å². The van der Waals surface area contributed by atoms with Crippen molar-refractivity contribution in [2.75, 3.05) is 0 Å². The molecule has 0 amide bonds. The largest absolute Gasteiger partial charge is 0.240 e. The van der Waals surface area contributed by atoms with Crippen molar-refractivity contribution in [2.24, 2.45) is 9.98 Å². The van der Waals surface area contributed by atoms with Gasteiger partial charge >= 0.3 is 0 Å². The third kappa shape index (κ3) is 1.89. The van der Waals surface area contributed by atoms with Gasteiger partial charge in [-0.3, -0.25) is 0 Å². The highest BCUT2D eigenvalue weighted by Gasteiger charge is 2.24. The molecule has 0 aliphatic rings. The van der Waals surface area contributed by atoms with E-state index in [9.17, 15) is 18.4 Å². The summed E-state index contributed by atoms with van der Waals surface area (Å²) in [5.74, 6) is -2.87. The zero-order valence-electron chi connectivity index (χ0n) is 8.36. The first kappa shape index (κ1) is 12.9. The van der Waals surface area contributed by atoms with Crippen LogP contribution in [0.4, 0.5) is 20.2 Å². The summed E-state index contributed by atoms with van der Waals surface area (Å²) in [4.78, 5) is 25.7. The number of carbonyl (C=O) groups excluding carboxylic acids is 2. The molecule has 0 bridgehead atoms. The lowest BCUT2D eigenvalue weighted by Gasteiger charge is -2.04.